The molecular weight excluding hydrogens is 308 g/mol. The monoisotopic (exact) mass is 322 g/mol. The van der Waals surface area contributed by atoms with Crippen LogP contribution in [0.2, 0.25) is 5.02 Å². The van der Waals surface area contributed by atoms with E-state index in [-0.39, 0.29) is 16.8 Å². The molecule has 8 nitrogen and oxygen atoms in total. The summed E-state index contributed by atoms with van der Waals surface area (Å²) < 4.78 is 2.11. The predicted octanol–water partition coefficient (Wildman–Crippen LogP) is 2.74. The summed E-state index contributed by atoms with van der Waals surface area (Å²) in [5, 5.41) is 22.5. The fourth-order valence-corrected chi connectivity index (χ4v) is 2.77. The number of halogens is 1. The number of aromatic nitrogens is 4. The number of nitrogens with one attached hydrogen (secondary N) is 1. The molecule has 0 aliphatic carbocycles. The highest BCUT2D eigenvalue weighted by Crippen LogP contribution is 2.27. The quantitative estimate of drug-likeness (QED) is 0.686. The van der Waals surface area contributed by atoms with Crippen LogP contribution in [0.5, 0.6) is 0 Å². The number of aryl methyl sites for hydroxylation is 1. The Morgan fingerprint density at radius 3 is 3.00 bits per heavy atom. The van der Waals surface area contributed by atoms with Gasteiger partial charge < -0.3 is 9.88 Å². The highest BCUT2D eigenvalue weighted by Gasteiger charge is 2.21. The Kier molecular flexibility index (Phi) is 3.93. The van der Waals surface area contributed by atoms with Crippen LogP contribution in [0.1, 0.15) is 37.5 Å². The Morgan fingerprint density at radius 1 is 1.45 bits per heavy atom. The van der Waals surface area contributed by atoms with Crippen LogP contribution >= 0.6 is 11.6 Å². The second-order valence-electron chi connectivity index (χ2n) is 5.23. The maximum absolute atomic E-state index is 10.7. The largest absolute Gasteiger partial charge is 0.359 e. The zero-order valence-electron chi connectivity index (χ0n) is 12.0. The van der Waals surface area contributed by atoms with Crippen molar-refractivity contribution in [1.29, 1.82) is 0 Å². The minimum atomic E-state index is -0.527. The van der Waals surface area contributed by atoms with Gasteiger partial charge in [0.05, 0.1) is 16.0 Å². The standard InChI is InChI=1S/C13H15ClN6O2/c1-8(13-18-17-11-4-2-3-5-19(11)13)16-12-10(14)6-9(7-15-12)20(21)22/h6-8H,2-5H2,1H3,(H,15,16). The maximum Gasteiger partial charge on any atom is 0.289 e. The lowest BCUT2D eigenvalue weighted by molar-refractivity contribution is -0.385. The van der Waals surface area contributed by atoms with Crippen molar-refractivity contribution >= 4 is 23.1 Å². The molecule has 1 unspecified atom stereocenters. The molecule has 0 saturated carbocycles. The molecule has 0 spiro atoms. The number of hydrogen-bond donors (Lipinski definition) is 1. The topological polar surface area (TPSA) is 98.8 Å². The summed E-state index contributed by atoms with van der Waals surface area (Å²) in [5.41, 5.74) is -0.136. The molecule has 2 aromatic rings. The summed E-state index contributed by atoms with van der Waals surface area (Å²) >= 11 is 6.05. The number of rotatable bonds is 4. The summed E-state index contributed by atoms with van der Waals surface area (Å²) in [5.74, 6) is 2.22. The van der Waals surface area contributed by atoms with Gasteiger partial charge >= 0.3 is 0 Å². The van der Waals surface area contributed by atoms with Gasteiger partial charge in [-0.2, -0.15) is 0 Å². The van der Waals surface area contributed by atoms with Crippen LogP contribution in [-0.4, -0.2) is 24.7 Å². The van der Waals surface area contributed by atoms with Gasteiger partial charge in [0.25, 0.3) is 5.69 Å². The van der Waals surface area contributed by atoms with Crippen molar-refractivity contribution in [3.05, 3.63) is 39.0 Å². The van der Waals surface area contributed by atoms with E-state index in [0.29, 0.717) is 5.82 Å². The van der Waals surface area contributed by atoms with Gasteiger partial charge in [0.2, 0.25) is 0 Å². The smallest absolute Gasteiger partial charge is 0.289 e. The third-order valence-electron chi connectivity index (χ3n) is 3.67. The lowest BCUT2D eigenvalue weighted by Crippen LogP contribution is -2.18. The second-order valence-corrected chi connectivity index (χ2v) is 5.64. The molecule has 1 aliphatic rings. The van der Waals surface area contributed by atoms with Gasteiger partial charge in [0.1, 0.15) is 17.8 Å². The summed E-state index contributed by atoms with van der Waals surface area (Å²) in [4.78, 5) is 14.2. The molecule has 0 amide bonds. The predicted molar refractivity (Wildman–Crippen MR) is 80.9 cm³/mol. The summed E-state index contributed by atoms with van der Waals surface area (Å²) in [6.07, 6.45) is 4.37. The highest BCUT2D eigenvalue weighted by molar-refractivity contribution is 6.33. The number of nitrogens with zero attached hydrogens (tertiary/aromatic N) is 5. The first kappa shape index (κ1) is 14.7. The zero-order valence-corrected chi connectivity index (χ0v) is 12.7. The van der Waals surface area contributed by atoms with E-state index >= 15 is 0 Å². The minimum Gasteiger partial charge on any atom is -0.359 e. The van der Waals surface area contributed by atoms with Gasteiger partial charge in [-0.25, -0.2) is 4.98 Å². The molecule has 1 atom stereocenters. The van der Waals surface area contributed by atoms with Gasteiger partial charge in [-0.1, -0.05) is 11.6 Å². The number of fused-ring (bicyclic) bond motifs is 1. The summed E-state index contributed by atoms with van der Waals surface area (Å²) in [6, 6.07) is 1.13. The van der Waals surface area contributed by atoms with E-state index in [2.05, 4.69) is 25.1 Å². The Morgan fingerprint density at radius 2 is 2.27 bits per heavy atom. The molecule has 9 heteroatoms. The first-order chi connectivity index (χ1) is 10.6. The molecular formula is C13H15ClN6O2. The molecule has 0 aromatic carbocycles. The van der Waals surface area contributed by atoms with Crippen LogP contribution in [0.3, 0.4) is 0 Å². The molecule has 3 rings (SSSR count). The van der Waals surface area contributed by atoms with Crippen LogP contribution in [0.15, 0.2) is 12.3 Å². The first-order valence-electron chi connectivity index (χ1n) is 7.04. The van der Waals surface area contributed by atoms with Crippen LogP contribution in [0.25, 0.3) is 0 Å². The number of nitro groups is 1. The molecule has 0 fully saturated rings. The van der Waals surface area contributed by atoms with E-state index in [9.17, 15) is 10.1 Å². The van der Waals surface area contributed by atoms with Gasteiger partial charge in [0, 0.05) is 19.0 Å². The Labute approximate surface area is 131 Å². The molecule has 1 N–H and O–H groups in total. The van der Waals surface area contributed by atoms with E-state index in [4.69, 9.17) is 11.6 Å². The Balaban J connectivity index is 1.81. The summed E-state index contributed by atoms with van der Waals surface area (Å²) in [7, 11) is 0. The van der Waals surface area contributed by atoms with Crippen LogP contribution in [0, 0.1) is 10.1 Å². The van der Waals surface area contributed by atoms with Crippen molar-refractivity contribution in [2.24, 2.45) is 0 Å². The third-order valence-corrected chi connectivity index (χ3v) is 3.95. The molecule has 3 heterocycles. The van der Waals surface area contributed by atoms with Crippen LogP contribution in [0.4, 0.5) is 11.5 Å². The Bertz CT molecular complexity index is 717. The molecule has 116 valence electrons. The van der Waals surface area contributed by atoms with Gasteiger partial charge in [0.15, 0.2) is 5.82 Å². The van der Waals surface area contributed by atoms with Crippen molar-refractivity contribution in [1.82, 2.24) is 19.7 Å². The lowest BCUT2D eigenvalue weighted by Gasteiger charge is -2.19. The number of anilines is 1. The van der Waals surface area contributed by atoms with Gasteiger partial charge in [-0.05, 0) is 19.8 Å². The summed E-state index contributed by atoms with van der Waals surface area (Å²) in [6.45, 7) is 2.84. The van der Waals surface area contributed by atoms with E-state index in [1.807, 2.05) is 6.92 Å². The second kappa shape index (κ2) is 5.88. The zero-order chi connectivity index (χ0) is 15.7. The fourth-order valence-electron chi connectivity index (χ4n) is 2.55. The molecule has 2 aromatic heterocycles. The molecule has 0 saturated heterocycles. The van der Waals surface area contributed by atoms with Crippen LogP contribution < -0.4 is 5.32 Å². The maximum atomic E-state index is 10.7. The van der Waals surface area contributed by atoms with E-state index in [0.717, 1.165) is 37.5 Å². The van der Waals surface area contributed by atoms with Crippen molar-refractivity contribution < 1.29 is 4.92 Å². The average molecular weight is 323 g/mol. The first-order valence-corrected chi connectivity index (χ1v) is 7.42. The third kappa shape index (κ3) is 2.74. The fraction of sp³-hybridized carbons (Fsp3) is 0.462. The molecule has 0 radical (unpaired) electrons. The Hall–Kier alpha value is -2.22. The van der Waals surface area contributed by atoms with E-state index < -0.39 is 4.92 Å². The van der Waals surface area contributed by atoms with Gasteiger partial charge in [-0.3, -0.25) is 10.1 Å². The van der Waals surface area contributed by atoms with Gasteiger partial charge in [-0.15, -0.1) is 10.2 Å². The van der Waals surface area contributed by atoms with Crippen molar-refractivity contribution in [3.63, 3.8) is 0 Å². The molecule has 0 bridgehead atoms. The highest BCUT2D eigenvalue weighted by atomic mass is 35.5. The van der Waals surface area contributed by atoms with Crippen molar-refractivity contribution in [2.45, 2.75) is 38.8 Å². The van der Waals surface area contributed by atoms with Crippen LogP contribution in [-0.2, 0) is 13.0 Å². The van der Waals surface area contributed by atoms with E-state index in [1.54, 1.807) is 0 Å². The van der Waals surface area contributed by atoms with Crippen molar-refractivity contribution in [2.75, 3.05) is 5.32 Å². The SMILES string of the molecule is CC(Nc1ncc([N+](=O)[O-])cc1Cl)c1nnc2n1CCCC2. The number of hydrogen-bond acceptors (Lipinski definition) is 6. The minimum absolute atomic E-state index is 0.136. The van der Waals surface area contributed by atoms with E-state index in [1.165, 1.54) is 12.3 Å². The molecule has 22 heavy (non-hydrogen) atoms. The molecule has 1 aliphatic heterocycles. The van der Waals surface area contributed by atoms with Crippen molar-refractivity contribution in [3.8, 4) is 0 Å². The number of pyridine rings is 1. The average Bonchev–Trinajstić information content (AvgIpc) is 2.93. The normalized spacial score (nSPS) is 15.2. The lowest BCUT2D eigenvalue weighted by atomic mass is 10.1.